The summed E-state index contributed by atoms with van der Waals surface area (Å²) < 4.78 is 48.5. The number of carbonyl (C=O) groups is 1. The van der Waals surface area contributed by atoms with E-state index in [0.29, 0.717) is 12.8 Å². The van der Waals surface area contributed by atoms with Crippen LogP contribution in [-0.4, -0.2) is 29.9 Å². The lowest BCUT2D eigenvalue weighted by Crippen LogP contribution is -2.24. The Morgan fingerprint density at radius 1 is 1.35 bits per heavy atom. The molecular formula is C13H13F3O4. The Balaban J connectivity index is 1.97. The number of para-hydroxylation sites is 1. The number of alkyl halides is 3. The molecule has 110 valence electrons. The quantitative estimate of drug-likeness (QED) is 0.926. The average Bonchev–Trinajstić information content (AvgIpc) is 2.84. The molecule has 0 bridgehead atoms. The Kier molecular flexibility index (Phi) is 4.17. The van der Waals surface area contributed by atoms with Crippen LogP contribution in [0.3, 0.4) is 0 Å². The van der Waals surface area contributed by atoms with Gasteiger partial charge in [-0.25, -0.2) is 4.79 Å². The predicted octanol–water partition coefficient (Wildman–Crippen LogP) is 2.72. The molecule has 0 radical (unpaired) electrons. The molecule has 20 heavy (non-hydrogen) atoms. The van der Waals surface area contributed by atoms with Crippen LogP contribution in [0, 0.1) is 0 Å². The van der Waals surface area contributed by atoms with Crippen molar-refractivity contribution in [1.82, 2.24) is 0 Å². The van der Waals surface area contributed by atoms with Gasteiger partial charge in [-0.1, -0.05) is 12.1 Å². The van der Waals surface area contributed by atoms with E-state index in [1.807, 2.05) is 0 Å². The van der Waals surface area contributed by atoms with Crippen molar-refractivity contribution in [2.75, 3.05) is 6.61 Å². The summed E-state index contributed by atoms with van der Waals surface area (Å²) in [6, 6.07) is 4.89. The number of carboxylic acids is 1. The van der Waals surface area contributed by atoms with Gasteiger partial charge in [-0.3, -0.25) is 0 Å². The molecule has 0 spiro atoms. The number of ether oxygens (including phenoxy) is 2. The Morgan fingerprint density at radius 3 is 2.65 bits per heavy atom. The molecule has 4 nitrogen and oxygen atoms in total. The van der Waals surface area contributed by atoms with Gasteiger partial charge in [0.1, 0.15) is 12.4 Å². The number of carboxylic acid groups (broad SMARTS) is 1. The highest BCUT2D eigenvalue weighted by Gasteiger charge is 2.35. The van der Waals surface area contributed by atoms with Crippen molar-refractivity contribution < 1.29 is 32.5 Å². The third kappa shape index (κ3) is 3.41. The Labute approximate surface area is 113 Å². The van der Waals surface area contributed by atoms with Gasteiger partial charge in [-0.2, -0.15) is 13.2 Å². The fourth-order valence-electron chi connectivity index (χ4n) is 2.02. The number of halogens is 3. The lowest BCUT2D eigenvalue weighted by atomic mass is 10.2. The Morgan fingerprint density at radius 2 is 2.05 bits per heavy atom. The summed E-state index contributed by atoms with van der Waals surface area (Å²) >= 11 is 0. The normalized spacial score (nSPS) is 22.8. The second-order valence-corrected chi connectivity index (χ2v) is 4.47. The first-order valence-corrected chi connectivity index (χ1v) is 6.05. The Bertz CT molecular complexity index is 487. The zero-order valence-corrected chi connectivity index (χ0v) is 10.4. The van der Waals surface area contributed by atoms with Gasteiger partial charge in [-0.05, 0) is 25.0 Å². The highest BCUT2D eigenvalue weighted by molar-refractivity contribution is 5.72. The first-order valence-electron chi connectivity index (χ1n) is 6.05. The second-order valence-electron chi connectivity index (χ2n) is 4.47. The smallest absolute Gasteiger partial charge is 0.419 e. The third-order valence-electron chi connectivity index (χ3n) is 3.00. The van der Waals surface area contributed by atoms with Crippen LogP contribution in [0.25, 0.3) is 0 Å². The molecule has 1 N–H and O–H groups in total. The van der Waals surface area contributed by atoms with Crippen molar-refractivity contribution in [2.24, 2.45) is 0 Å². The van der Waals surface area contributed by atoms with Crippen LogP contribution in [0.5, 0.6) is 5.75 Å². The van der Waals surface area contributed by atoms with Crippen LogP contribution >= 0.6 is 0 Å². The van der Waals surface area contributed by atoms with Gasteiger partial charge in [0.05, 0.1) is 11.7 Å². The fourth-order valence-corrected chi connectivity index (χ4v) is 2.02. The van der Waals surface area contributed by atoms with Crippen LogP contribution in [0.15, 0.2) is 24.3 Å². The van der Waals surface area contributed by atoms with Gasteiger partial charge in [0.2, 0.25) is 0 Å². The Hall–Kier alpha value is -1.76. The second kappa shape index (κ2) is 5.70. The van der Waals surface area contributed by atoms with Crippen LogP contribution in [-0.2, 0) is 15.7 Å². The van der Waals surface area contributed by atoms with E-state index < -0.39 is 29.9 Å². The van der Waals surface area contributed by atoms with Crippen LogP contribution in [0.2, 0.25) is 0 Å². The molecule has 2 atom stereocenters. The lowest BCUT2D eigenvalue weighted by molar-refractivity contribution is -0.149. The van der Waals surface area contributed by atoms with E-state index in [4.69, 9.17) is 14.6 Å². The van der Waals surface area contributed by atoms with E-state index in [9.17, 15) is 18.0 Å². The van der Waals surface area contributed by atoms with Crippen LogP contribution in [0.4, 0.5) is 13.2 Å². The van der Waals surface area contributed by atoms with Crippen molar-refractivity contribution in [3.05, 3.63) is 29.8 Å². The summed E-state index contributed by atoms with van der Waals surface area (Å²) in [4.78, 5) is 10.7. The number of benzene rings is 1. The van der Waals surface area contributed by atoms with E-state index >= 15 is 0 Å². The molecular weight excluding hydrogens is 277 g/mol. The molecule has 1 aliphatic heterocycles. The molecule has 1 heterocycles. The van der Waals surface area contributed by atoms with E-state index in [-0.39, 0.29) is 12.4 Å². The molecule has 1 aliphatic rings. The number of aliphatic carboxylic acids is 1. The van der Waals surface area contributed by atoms with Gasteiger partial charge in [-0.15, -0.1) is 0 Å². The highest BCUT2D eigenvalue weighted by atomic mass is 19.4. The predicted molar refractivity (Wildman–Crippen MR) is 62.5 cm³/mol. The molecule has 7 heteroatoms. The minimum Gasteiger partial charge on any atom is -0.490 e. The van der Waals surface area contributed by atoms with Gasteiger partial charge in [0.15, 0.2) is 6.10 Å². The molecule has 2 rings (SSSR count). The van der Waals surface area contributed by atoms with Gasteiger partial charge < -0.3 is 14.6 Å². The largest absolute Gasteiger partial charge is 0.490 e. The first-order chi connectivity index (χ1) is 9.38. The number of hydrogen-bond donors (Lipinski definition) is 1. The molecule has 1 aromatic carbocycles. The minimum absolute atomic E-state index is 0.100. The summed E-state index contributed by atoms with van der Waals surface area (Å²) in [5.41, 5.74) is -0.854. The summed E-state index contributed by atoms with van der Waals surface area (Å²) in [6.07, 6.45) is -5.11. The van der Waals surface area contributed by atoms with E-state index in [1.54, 1.807) is 0 Å². The molecule has 0 amide bonds. The van der Waals surface area contributed by atoms with Gasteiger partial charge >= 0.3 is 12.1 Å². The summed E-state index contributed by atoms with van der Waals surface area (Å²) in [5, 5.41) is 8.75. The third-order valence-corrected chi connectivity index (χ3v) is 3.00. The molecule has 2 unspecified atom stereocenters. The summed E-state index contributed by atoms with van der Waals surface area (Å²) in [6.45, 7) is -0.100. The minimum atomic E-state index is -4.49. The molecule has 0 saturated carbocycles. The monoisotopic (exact) mass is 290 g/mol. The molecule has 0 aromatic heterocycles. The molecule has 1 aromatic rings. The highest BCUT2D eigenvalue weighted by Crippen LogP contribution is 2.36. The molecule has 0 aliphatic carbocycles. The van der Waals surface area contributed by atoms with Gasteiger partial charge in [0, 0.05) is 0 Å². The van der Waals surface area contributed by atoms with Crippen molar-refractivity contribution in [3.63, 3.8) is 0 Å². The maximum atomic E-state index is 12.7. The van der Waals surface area contributed by atoms with E-state index in [0.717, 1.165) is 6.07 Å². The van der Waals surface area contributed by atoms with E-state index in [2.05, 4.69) is 0 Å². The fraction of sp³-hybridized carbons (Fsp3) is 0.462. The molecule has 1 fully saturated rings. The zero-order chi connectivity index (χ0) is 14.8. The lowest BCUT2D eigenvalue weighted by Gasteiger charge is -2.16. The first kappa shape index (κ1) is 14.6. The van der Waals surface area contributed by atoms with Gasteiger partial charge in [0.25, 0.3) is 0 Å². The maximum Gasteiger partial charge on any atom is 0.419 e. The summed E-state index contributed by atoms with van der Waals surface area (Å²) in [7, 11) is 0. The summed E-state index contributed by atoms with van der Waals surface area (Å²) in [5.74, 6) is -1.34. The maximum absolute atomic E-state index is 12.7. The van der Waals surface area contributed by atoms with Crippen molar-refractivity contribution in [2.45, 2.75) is 31.2 Å². The number of rotatable bonds is 4. The SMILES string of the molecule is O=C(O)C1CCC(COc2ccccc2C(F)(F)F)O1. The van der Waals surface area contributed by atoms with Crippen molar-refractivity contribution in [1.29, 1.82) is 0 Å². The average molecular weight is 290 g/mol. The zero-order valence-electron chi connectivity index (χ0n) is 10.4. The van der Waals surface area contributed by atoms with E-state index in [1.165, 1.54) is 18.2 Å². The number of hydrogen-bond acceptors (Lipinski definition) is 3. The standard InChI is InChI=1S/C13H13F3O4/c14-13(15,16)9-3-1-2-4-10(9)19-7-8-5-6-11(20-8)12(17)18/h1-4,8,11H,5-7H2,(H,17,18). The van der Waals surface area contributed by atoms with Crippen molar-refractivity contribution >= 4 is 5.97 Å². The molecule has 1 saturated heterocycles. The van der Waals surface area contributed by atoms with Crippen molar-refractivity contribution in [3.8, 4) is 5.75 Å². The van der Waals surface area contributed by atoms with Crippen LogP contribution < -0.4 is 4.74 Å². The van der Waals surface area contributed by atoms with Crippen LogP contribution in [0.1, 0.15) is 18.4 Å². The topological polar surface area (TPSA) is 55.8 Å².